The van der Waals surface area contributed by atoms with E-state index in [-0.39, 0.29) is 29.6 Å². The van der Waals surface area contributed by atoms with Crippen molar-refractivity contribution in [3.05, 3.63) is 54.1 Å². The van der Waals surface area contributed by atoms with E-state index in [2.05, 4.69) is 59.7 Å². The van der Waals surface area contributed by atoms with Gasteiger partial charge in [0.1, 0.15) is 17.1 Å². The Morgan fingerprint density at radius 3 is 2.14 bits per heavy atom. The van der Waals surface area contributed by atoms with Crippen LogP contribution in [0.15, 0.2) is 48.5 Å². The fourth-order valence-corrected chi connectivity index (χ4v) is 15.2. The van der Waals surface area contributed by atoms with Gasteiger partial charge in [-0.05, 0) is 84.3 Å². The highest BCUT2D eigenvalue weighted by Gasteiger charge is 2.66. The zero-order valence-corrected chi connectivity index (χ0v) is 28.0. The van der Waals surface area contributed by atoms with Gasteiger partial charge in [-0.2, -0.15) is 0 Å². The van der Waals surface area contributed by atoms with E-state index in [0.717, 1.165) is 49.2 Å². The third-order valence-electron chi connectivity index (χ3n) is 11.4. The van der Waals surface area contributed by atoms with Crippen LogP contribution >= 0.6 is 0 Å². The first-order valence-electron chi connectivity index (χ1n) is 16.5. The second kappa shape index (κ2) is 11.4. The van der Waals surface area contributed by atoms with Crippen molar-refractivity contribution >= 4 is 25.8 Å². The molecule has 2 aromatic rings. The minimum Gasteiger partial charge on any atom is -0.543 e. The molecule has 0 N–H and O–H groups in total. The number of carbonyl (C=O) groups excluding carboxylic acids is 2. The summed E-state index contributed by atoms with van der Waals surface area (Å²) in [6.07, 6.45) is 4.77. The van der Waals surface area contributed by atoms with E-state index in [1.165, 1.54) is 4.90 Å². The van der Waals surface area contributed by atoms with Gasteiger partial charge in [0.15, 0.2) is 0 Å². The molecule has 6 nitrogen and oxygen atoms in total. The van der Waals surface area contributed by atoms with Crippen LogP contribution in [0, 0.1) is 23.7 Å². The van der Waals surface area contributed by atoms with E-state index < -0.39 is 25.8 Å². The van der Waals surface area contributed by atoms with E-state index in [9.17, 15) is 9.59 Å². The minimum absolute atomic E-state index is 0.0374. The average Bonchev–Trinajstić information content (AvgIpc) is 3.53. The van der Waals surface area contributed by atoms with Crippen LogP contribution in [0.5, 0.6) is 11.5 Å². The fraction of sp³-hybridized carbons (Fsp3) is 0.611. The predicted octanol–water partition coefficient (Wildman–Crippen LogP) is 8.12. The lowest BCUT2D eigenvalue weighted by molar-refractivity contribution is -0.140. The van der Waals surface area contributed by atoms with E-state index in [1.807, 2.05) is 30.3 Å². The molecule has 1 spiro atoms. The summed E-state index contributed by atoms with van der Waals surface area (Å²) < 4.78 is 19.9. The smallest absolute Gasteiger partial charge is 0.258 e. The number of rotatable bonds is 8. The number of amides is 2. The minimum atomic E-state index is -2.14. The summed E-state index contributed by atoms with van der Waals surface area (Å²) in [4.78, 5) is 30.0. The Bertz CT molecular complexity index is 1330. The molecule has 232 valence electrons. The van der Waals surface area contributed by atoms with E-state index >= 15 is 0 Å². The van der Waals surface area contributed by atoms with Crippen molar-refractivity contribution in [1.82, 2.24) is 0 Å². The zero-order valence-electron chi connectivity index (χ0n) is 27.0. The largest absolute Gasteiger partial charge is 0.543 e. The number of ether oxygens (including phenoxy) is 2. The average molecular weight is 604 g/mol. The summed E-state index contributed by atoms with van der Waals surface area (Å²) in [6, 6.07) is 15.9. The lowest BCUT2D eigenvalue weighted by Gasteiger charge is -2.54. The number of hydrogen-bond donors (Lipinski definition) is 0. The number of benzene rings is 2. The molecule has 4 aliphatic rings. The van der Waals surface area contributed by atoms with Gasteiger partial charge in [0.25, 0.3) is 8.32 Å². The molecular formula is C36H49NO5Si. The fourth-order valence-electron chi connectivity index (χ4n) is 9.91. The summed E-state index contributed by atoms with van der Waals surface area (Å²) in [5, 5.41) is 0. The van der Waals surface area contributed by atoms with Crippen LogP contribution in [0.4, 0.5) is 5.69 Å². The highest BCUT2D eigenvalue weighted by atomic mass is 28.4. The first-order valence-corrected chi connectivity index (χ1v) is 18.6. The molecule has 2 saturated carbocycles. The number of fused-ring (bicyclic) bond motifs is 6. The van der Waals surface area contributed by atoms with Crippen LogP contribution in [-0.2, 0) is 14.3 Å². The third kappa shape index (κ3) is 4.68. The second-order valence-corrected chi connectivity index (χ2v) is 19.9. The van der Waals surface area contributed by atoms with Crippen LogP contribution < -0.4 is 14.1 Å². The van der Waals surface area contributed by atoms with Crippen molar-refractivity contribution in [2.24, 2.45) is 23.7 Å². The Kier molecular flexibility index (Phi) is 8.04. The maximum absolute atomic E-state index is 14.4. The predicted molar refractivity (Wildman–Crippen MR) is 172 cm³/mol. The summed E-state index contributed by atoms with van der Waals surface area (Å²) in [5.74, 6) is 0.873. The number of nitrogens with zero attached hydrogens (tertiary/aromatic N) is 1. The number of imide groups is 1. The lowest BCUT2D eigenvalue weighted by atomic mass is 9.55. The lowest BCUT2D eigenvalue weighted by Crippen LogP contribution is -2.56. The van der Waals surface area contributed by atoms with Crippen LogP contribution in [0.2, 0.25) is 16.6 Å². The Balaban J connectivity index is 1.44. The molecule has 0 unspecified atom stereocenters. The summed E-state index contributed by atoms with van der Waals surface area (Å²) in [5.41, 5.74) is 2.77. The van der Waals surface area contributed by atoms with E-state index in [4.69, 9.17) is 13.9 Å². The quantitative estimate of drug-likeness (QED) is 0.225. The molecule has 0 bridgehead atoms. The highest BCUT2D eigenvalue weighted by molar-refractivity contribution is 6.78. The van der Waals surface area contributed by atoms with Gasteiger partial charge < -0.3 is 13.9 Å². The number of methoxy groups -OCH3 is 1. The molecule has 1 saturated heterocycles. The molecule has 7 heteroatoms. The SMILES string of the molecule is COC[C@H]1C[C@H]2c3ccc(O[Si](C(C)C)(C(C)C)C(C)C)cc3OC3(CCCC3)[C@H]2[C@H]2C(=O)N(c3ccccc3)C(=O)[C@@H]12. The van der Waals surface area contributed by atoms with Crippen molar-refractivity contribution < 1.29 is 23.5 Å². The molecule has 2 amide bonds. The number of carbonyl (C=O) groups is 2. The van der Waals surface area contributed by atoms with Crippen molar-refractivity contribution in [3.8, 4) is 11.5 Å². The monoisotopic (exact) mass is 603 g/mol. The summed E-state index contributed by atoms with van der Waals surface area (Å²) in [7, 11) is -0.444. The maximum Gasteiger partial charge on any atom is 0.258 e. The summed E-state index contributed by atoms with van der Waals surface area (Å²) in [6.45, 7) is 14.3. The van der Waals surface area contributed by atoms with Gasteiger partial charge in [-0.15, -0.1) is 0 Å². The van der Waals surface area contributed by atoms with Gasteiger partial charge >= 0.3 is 0 Å². The van der Waals surface area contributed by atoms with Crippen molar-refractivity contribution in [1.29, 1.82) is 0 Å². The van der Waals surface area contributed by atoms with Gasteiger partial charge in [0, 0.05) is 25.7 Å². The first kappa shape index (κ1) is 30.4. The summed E-state index contributed by atoms with van der Waals surface area (Å²) >= 11 is 0. The molecule has 5 atom stereocenters. The molecule has 43 heavy (non-hydrogen) atoms. The topological polar surface area (TPSA) is 65.1 Å². The number of anilines is 1. The third-order valence-corrected chi connectivity index (χ3v) is 17.4. The van der Waals surface area contributed by atoms with Gasteiger partial charge in [0.2, 0.25) is 11.8 Å². The van der Waals surface area contributed by atoms with E-state index in [1.54, 1.807) is 7.11 Å². The molecule has 6 rings (SSSR count). The van der Waals surface area contributed by atoms with Crippen molar-refractivity contribution in [2.75, 3.05) is 18.6 Å². The first-order chi connectivity index (χ1) is 20.6. The van der Waals surface area contributed by atoms with Gasteiger partial charge in [0.05, 0.1) is 17.5 Å². The maximum atomic E-state index is 14.4. The van der Waals surface area contributed by atoms with Crippen LogP contribution in [0.25, 0.3) is 0 Å². The molecule has 2 heterocycles. The number of para-hydroxylation sites is 1. The second-order valence-electron chi connectivity index (χ2n) is 14.5. The zero-order chi connectivity index (χ0) is 30.7. The van der Waals surface area contributed by atoms with Crippen LogP contribution in [0.3, 0.4) is 0 Å². The standard InChI is InChI=1S/C36H49NO5Si/c1-22(2)43(23(3)4,24(5)6)42-27-15-16-28-29-19-25(21-40-7)31-32(33(29)36(17-11-12-18-36)41-30(28)20-27)35(39)37(34(31)38)26-13-9-8-10-14-26/h8-10,13-16,20,22-25,29,31-33H,11-12,17-19,21H2,1-7H3/t25-,29+,31+,32+,33-/m1/s1. The molecule has 0 radical (unpaired) electrons. The molecular weight excluding hydrogens is 554 g/mol. The Hall–Kier alpha value is -2.64. The van der Waals surface area contributed by atoms with Crippen LogP contribution in [0.1, 0.15) is 85.1 Å². The van der Waals surface area contributed by atoms with Crippen molar-refractivity contribution in [3.63, 3.8) is 0 Å². The molecule has 2 aromatic carbocycles. The Morgan fingerprint density at radius 1 is 0.907 bits per heavy atom. The molecule has 0 aromatic heterocycles. The molecule has 3 fully saturated rings. The van der Waals surface area contributed by atoms with E-state index in [0.29, 0.717) is 28.9 Å². The molecule has 2 aliphatic heterocycles. The Morgan fingerprint density at radius 2 is 1.53 bits per heavy atom. The van der Waals surface area contributed by atoms with Crippen LogP contribution in [-0.4, -0.2) is 39.4 Å². The highest BCUT2D eigenvalue weighted by Crippen LogP contribution is 2.63. The van der Waals surface area contributed by atoms with Gasteiger partial charge in [-0.25, -0.2) is 0 Å². The molecule has 2 aliphatic carbocycles. The van der Waals surface area contributed by atoms with Crippen molar-refractivity contribution in [2.45, 2.75) is 102 Å². The van der Waals surface area contributed by atoms with Gasteiger partial charge in [-0.3, -0.25) is 14.5 Å². The normalized spacial score (nSPS) is 28.0. The van der Waals surface area contributed by atoms with Gasteiger partial charge in [-0.1, -0.05) is 65.8 Å². The number of hydrogen-bond acceptors (Lipinski definition) is 5. The Labute approximate surface area is 258 Å².